The normalized spacial score (nSPS) is 20.9. The van der Waals surface area contributed by atoms with E-state index in [-0.39, 0.29) is 66.6 Å². The fourth-order valence-electron chi connectivity index (χ4n) is 4.59. The first-order valence-electron chi connectivity index (χ1n) is 12.2. The number of aryl methyl sites for hydroxylation is 1. The maximum atomic E-state index is 15.1. The molecule has 1 fully saturated rings. The van der Waals surface area contributed by atoms with Gasteiger partial charge in [-0.25, -0.2) is 17.8 Å². The van der Waals surface area contributed by atoms with Crippen molar-refractivity contribution in [1.82, 2.24) is 14.9 Å². The van der Waals surface area contributed by atoms with Crippen molar-refractivity contribution in [2.24, 2.45) is 5.41 Å². The number of imidazole rings is 1. The topological polar surface area (TPSA) is 101 Å². The molecule has 1 saturated carbocycles. The molecule has 0 atom stereocenters. The Labute approximate surface area is 224 Å². The second-order valence-electron chi connectivity index (χ2n) is 10.6. The molecular weight excluding hydrogens is 550 g/mol. The number of amides is 1. The van der Waals surface area contributed by atoms with Crippen molar-refractivity contribution >= 4 is 27.3 Å². The minimum absolute atomic E-state index is 0.0651. The van der Waals surface area contributed by atoms with E-state index in [4.69, 9.17) is 11.6 Å². The molecule has 0 spiro atoms. The molecule has 0 unspecified atom stereocenters. The number of sulfone groups is 1. The second-order valence-corrected chi connectivity index (χ2v) is 13.3. The largest absolute Gasteiger partial charge is 0.394 e. The standard InChI is InChI=1S/C25H32ClF4N3O4S/c1-5-19-32-20(22(34)31-14-24(35)10-8-16(9-11-24)38(4,36)37)21(26)33(19)18-7-6-15(12-17(18)27)13-23(2,3)25(28,29)30/h6-7,12,16,35H,5,8-11,13-14H2,1-4H3,(H,31,34)/t16-,24+. The van der Waals surface area contributed by atoms with Crippen molar-refractivity contribution in [2.45, 2.75) is 76.3 Å². The number of alkyl halides is 3. The van der Waals surface area contributed by atoms with Crippen molar-refractivity contribution in [3.8, 4) is 5.69 Å². The van der Waals surface area contributed by atoms with E-state index in [0.29, 0.717) is 0 Å². The highest BCUT2D eigenvalue weighted by Crippen LogP contribution is 2.40. The van der Waals surface area contributed by atoms with E-state index in [1.807, 2.05) is 0 Å². The zero-order valence-corrected chi connectivity index (χ0v) is 23.2. The summed E-state index contributed by atoms with van der Waals surface area (Å²) in [5.41, 5.74) is -3.45. The van der Waals surface area contributed by atoms with Gasteiger partial charge in [0.1, 0.15) is 26.6 Å². The Balaban J connectivity index is 1.79. The molecule has 0 aliphatic heterocycles. The fourth-order valence-corrected chi connectivity index (χ4v) is 5.99. The Bertz CT molecular complexity index is 1300. The lowest BCUT2D eigenvalue weighted by Gasteiger charge is -2.35. The molecule has 38 heavy (non-hydrogen) atoms. The third-order valence-corrected chi connectivity index (χ3v) is 9.17. The summed E-state index contributed by atoms with van der Waals surface area (Å²) < 4.78 is 79.6. The number of hydrogen-bond acceptors (Lipinski definition) is 5. The molecule has 2 N–H and O–H groups in total. The Morgan fingerprint density at radius 2 is 1.87 bits per heavy atom. The monoisotopic (exact) mass is 581 g/mol. The van der Waals surface area contributed by atoms with Crippen LogP contribution in [-0.4, -0.2) is 58.8 Å². The van der Waals surface area contributed by atoms with Crippen LogP contribution in [0.15, 0.2) is 18.2 Å². The van der Waals surface area contributed by atoms with E-state index in [0.717, 1.165) is 26.2 Å². The van der Waals surface area contributed by atoms with Gasteiger partial charge in [-0.1, -0.05) is 38.4 Å². The van der Waals surface area contributed by atoms with Gasteiger partial charge in [-0.05, 0) is 49.8 Å². The summed E-state index contributed by atoms with van der Waals surface area (Å²) in [4.78, 5) is 17.1. The van der Waals surface area contributed by atoms with Crippen LogP contribution in [0.25, 0.3) is 5.69 Å². The van der Waals surface area contributed by atoms with Crippen molar-refractivity contribution < 1.29 is 35.9 Å². The Morgan fingerprint density at radius 1 is 1.26 bits per heavy atom. The van der Waals surface area contributed by atoms with Crippen molar-refractivity contribution in [3.05, 3.63) is 46.3 Å². The molecule has 13 heteroatoms. The van der Waals surface area contributed by atoms with E-state index in [2.05, 4.69) is 10.3 Å². The van der Waals surface area contributed by atoms with Gasteiger partial charge in [0.05, 0.1) is 22.0 Å². The van der Waals surface area contributed by atoms with Crippen molar-refractivity contribution in [1.29, 1.82) is 0 Å². The highest BCUT2D eigenvalue weighted by atomic mass is 35.5. The fraction of sp³-hybridized carbons (Fsp3) is 0.600. The summed E-state index contributed by atoms with van der Waals surface area (Å²) in [5.74, 6) is -1.26. The van der Waals surface area contributed by atoms with Gasteiger partial charge in [0.2, 0.25) is 0 Å². The van der Waals surface area contributed by atoms with E-state index in [9.17, 15) is 31.5 Å². The molecule has 3 rings (SSSR count). The van der Waals surface area contributed by atoms with Gasteiger partial charge in [0.25, 0.3) is 5.91 Å². The Morgan fingerprint density at radius 3 is 2.37 bits per heavy atom. The Hall–Kier alpha value is -2.18. The summed E-state index contributed by atoms with van der Waals surface area (Å²) >= 11 is 6.44. The number of carbonyl (C=O) groups is 1. The Kier molecular flexibility index (Phi) is 8.60. The van der Waals surface area contributed by atoms with Gasteiger partial charge < -0.3 is 10.4 Å². The zero-order chi connectivity index (χ0) is 28.7. The van der Waals surface area contributed by atoms with Crippen LogP contribution in [0.5, 0.6) is 0 Å². The number of halogens is 5. The summed E-state index contributed by atoms with van der Waals surface area (Å²) in [5, 5.41) is 12.7. The molecule has 7 nitrogen and oxygen atoms in total. The molecule has 1 amide bonds. The lowest BCUT2D eigenvalue weighted by atomic mass is 9.84. The van der Waals surface area contributed by atoms with Crippen LogP contribution < -0.4 is 5.32 Å². The SMILES string of the molecule is CCc1nc(C(=O)NC[C@]2(O)CC[C@@H](S(C)(=O)=O)CC2)c(Cl)n1-c1ccc(CC(C)(C)C(F)(F)F)cc1F. The first-order valence-corrected chi connectivity index (χ1v) is 14.5. The van der Waals surface area contributed by atoms with Gasteiger partial charge in [-0.3, -0.25) is 9.36 Å². The number of nitrogens with zero attached hydrogens (tertiary/aromatic N) is 2. The van der Waals surface area contributed by atoms with Crippen molar-refractivity contribution in [3.63, 3.8) is 0 Å². The summed E-state index contributed by atoms with van der Waals surface area (Å²) in [7, 11) is -3.22. The maximum absolute atomic E-state index is 15.1. The van der Waals surface area contributed by atoms with Crippen LogP contribution in [0.3, 0.4) is 0 Å². The summed E-state index contributed by atoms with van der Waals surface area (Å²) in [6, 6.07) is 3.69. The lowest BCUT2D eigenvalue weighted by Crippen LogP contribution is -2.47. The molecular formula is C25H32ClF4N3O4S. The van der Waals surface area contributed by atoms with Gasteiger partial charge in [0.15, 0.2) is 5.69 Å². The van der Waals surface area contributed by atoms with Gasteiger partial charge in [0, 0.05) is 19.2 Å². The van der Waals surface area contributed by atoms with Crippen LogP contribution >= 0.6 is 11.6 Å². The van der Waals surface area contributed by atoms with E-state index < -0.39 is 50.4 Å². The summed E-state index contributed by atoms with van der Waals surface area (Å²) in [6.07, 6.45) is -2.53. The lowest BCUT2D eigenvalue weighted by molar-refractivity contribution is -0.211. The number of hydrogen-bond donors (Lipinski definition) is 2. The number of nitrogens with one attached hydrogen (secondary N) is 1. The van der Waals surface area contributed by atoms with Crippen LogP contribution in [-0.2, 0) is 22.7 Å². The van der Waals surface area contributed by atoms with Gasteiger partial charge in [-0.2, -0.15) is 13.2 Å². The molecule has 0 saturated heterocycles. The third-order valence-electron chi connectivity index (χ3n) is 7.14. The van der Waals surface area contributed by atoms with Crippen LogP contribution in [0.1, 0.15) is 68.3 Å². The number of aromatic nitrogens is 2. The number of carbonyl (C=O) groups excluding carboxylic acids is 1. The average molecular weight is 582 g/mol. The molecule has 212 valence electrons. The molecule has 2 aromatic rings. The first-order chi connectivity index (χ1) is 17.4. The van der Waals surface area contributed by atoms with E-state index >= 15 is 4.39 Å². The average Bonchev–Trinajstić information content (AvgIpc) is 3.12. The van der Waals surface area contributed by atoms with Crippen molar-refractivity contribution in [2.75, 3.05) is 12.8 Å². The summed E-state index contributed by atoms with van der Waals surface area (Å²) in [6.45, 7) is 3.65. The van der Waals surface area contributed by atoms with Crippen LogP contribution in [0, 0.1) is 11.2 Å². The van der Waals surface area contributed by atoms with E-state index in [1.54, 1.807) is 6.92 Å². The first kappa shape index (κ1) is 30.4. The van der Waals surface area contributed by atoms with Crippen LogP contribution in [0.2, 0.25) is 5.15 Å². The minimum Gasteiger partial charge on any atom is -0.388 e. The maximum Gasteiger partial charge on any atom is 0.394 e. The quantitative estimate of drug-likeness (QED) is 0.436. The third kappa shape index (κ3) is 6.51. The van der Waals surface area contributed by atoms with Gasteiger partial charge >= 0.3 is 6.18 Å². The molecule has 1 aliphatic rings. The highest BCUT2D eigenvalue weighted by molar-refractivity contribution is 7.91. The molecule has 1 aliphatic carbocycles. The predicted octanol–water partition coefficient (Wildman–Crippen LogP) is 4.81. The predicted molar refractivity (Wildman–Crippen MR) is 136 cm³/mol. The van der Waals surface area contributed by atoms with Crippen LogP contribution in [0.4, 0.5) is 17.6 Å². The molecule has 1 heterocycles. The smallest absolute Gasteiger partial charge is 0.388 e. The molecule has 1 aromatic heterocycles. The highest BCUT2D eigenvalue weighted by Gasteiger charge is 2.47. The number of benzene rings is 1. The molecule has 1 aromatic carbocycles. The molecule has 0 bridgehead atoms. The van der Waals surface area contributed by atoms with Gasteiger partial charge in [-0.15, -0.1) is 0 Å². The second kappa shape index (κ2) is 10.8. The number of rotatable bonds is 8. The minimum atomic E-state index is -4.46. The van der Waals surface area contributed by atoms with E-state index in [1.165, 1.54) is 16.7 Å². The molecule has 0 radical (unpaired) electrons. The number of aliphatic hydroxyl groups is 1. The zero-order valence-electron chi connectivity index (χ0n) is 21.6.